The van der Waals surface area contributed by atoms with Crippen LogP contribution in [0.1, 0.15) is 25.7 Å². The maximum Gasteiger partial charge on any atom is 0.0616 e. The molecular weight excluding hydrogens is 182 g/mol. The Kier molecular flexibility index (Phi) is 3.17. The standard InChI is InChI=1S/C10H19NOS/c12-8-10(4-2-5-11-10)9-3-1-6-13-7-9/h9,11-12H,1-8H2. The van der Waals surface area contributed by atoms with Gasteiger partial charge in [-0.3, -0.25) is 0 Å². The van der Waals surface area contributed by atoms with E-state index >= 15 is 0 Å². The van der Waals surface area contributed by atoms with Crippen molar-refractivity contribution in [2.75, 3.05) is 24.7 Å². The van der Waals surface area contributed by atoms with Crippen LogP contribution >= 0.6 is 11.8 Å². The van der Waals surface area contributed by atoms with Crippen molar-refractivity contribution >= 4 is 11.8 Å². The summed E-state index contributed by atoms with van der Waals surface area (Å²) in [5.41, 5.74) is 0.0907. The van der Waals surface area contributed by atoms with E-state index in [0.29, 0.717) is 12.5 Å². The van der Waals surface area contributed by atoms with Crippen LogP contribution in [0.4, 0.5) is 0 Å². The molecule has 0 amide bonds. The zero-order valence-corrected chi connectivity index (χ0v) is 8.91. The Hall–Kier alpha value is 0.270. The molecule has 0 radical (unpaired) electrons. The van der Waals surface area contributed by atoms with E-state index in [1.807, 2.05) is 0 Å². The fourth-order valence-corrected chi connectivity index (χ4v) is 3.93. The van der Waals surface area contributed by atoms with Gasteiger partial charge >= 0.3 is 0 Å². The van der Waals surface area contributed by atoms with Crippen LogP contribution in [0, 0.1) is 5.92 Å². The topological polar surface area (TPSA) is 32.3 Å². The number of thioether (sulfide) groups is 1. The highest BCUT2D eigenvalue weighted by molar-refractivity contribution is 7.99. The molecule has 0 saturated carbocycles. The van der Waals surface area contributed by atoms with Crippen LogP contribution in [0.15, 0.2) is 0 Å². The Balaban J connectivity index is 2.01. The molecule has 76 valence electrons. The highest BCUT2D eigenvalue weighted by Crippen LogP contribution is 2.36. The van der Waals surface area contributed by atoms with Crippen molar-refractivity contribution in [2.24, 2.45) is 5.92 Å². The van der Waals surface area contributed by atoms with Crippen LogP contribution in [0.2, 0.25) is 0 Å². The first-order valence-corrected chi connectivity index (χ1v) is 6.46. The summed E-state index contributed by atoms with van der Waals surface area (Å²) in [6.45, 7) is 1.43. The molecule has 0 spiro atoms. The van der Waals surface area contributed by atoms with Gasteiger partial charge in [-0.15, -0.1) is 0 Å². The van der Waals surface area contributed by atoms with Crippen molar-refractivity contribution < 1.29 is 5.11 Å². The van der Waals surface area contributed by atoms with Gasteiger partial charge in [0.25, 0.3) is 0 Å². The van der Waals surface area contributed by atoms with E-state index in [4.69, 9.17) is 0 Å². The van der Waals surface area contributed by atoms with Crippen molar-refractivity contribution in [2.45, 2.75) is 31.2 Å². The van der Waals surface area contributed by atoms with E-state index in [2.05, 4.69) is 17.1 Å². The van der Waals surface area contributed by atoms with Crippen molar-refractivity contribution in [3.63, 3.8) is 0 Å². The number of nitrogens with one attached hydrogen (secondary N) is 1. The molecule has 2 unspecified atom stereocenters. The molecule has 2 atom stereocenters. The minimum Gasteiger partial charge on any atom is -0.394 e. The van der Waals surface area contributed by atoms with E-state index in [1.165, 1.54) is 37.2 Å². The molecule has 0 aromatic carbocycles. The number of aliphatic hydroxyl groups excluding tert-OH is 1. The normalized spacial score (nSPS) is 40.8. The van der Waals surface area contributed by atoms with Crippen molar-refractivity contribution in [3.8, 4) is 0 Å². The second kappa shape index (κ2) is 4.20. The lowest BCUT2D eigenvalue weighted by atomic mass is 9.81. The van der Waals surface area contributed by atoms with Crippen LogP contribution in [0.3, 0.4) is 0 Å². The van der Waals surface area contributed by atoms with Gasteiger partial charge < -0.3 is 10.4 Å². The van der Waals surface area contributed by atoms with Crippen molar-refractivity contribution in [1.29, 1.82) is 0 Å². The summed E-state index contributed by atoms with van der Waals surface area (Å²) in [5.74, 6) is 3.27. The minimum atomic E-state index is 0.0907. The highest BCUT2D eigenvalue weighted by atomic mass is 32.2. The fraction of sp³-hybridized carbons (Fsp3) is 1.00. The van der Waals surface area contributed by atoms with Gasteiger partial charge in [-0.25, -0.2) is 0 Å². The maximum atomic E-state index is 9.50. The van der Waals surface area contributed by atoms with Gasteiger partial charge in [0.15, 0.2) is 0 Å². The molecule has 2 rings (SSSR count). The predicted octanol–water partition coefficient (Wildman–Crippen LogP) is 1.24. The quantitative estimate of drug-likeness (QED) is 0.705. The minimum absolute atomic E-state index is 0.0907. The van der Waals surface area contributed by atoms with Crippen molar-refractivity contribution in [3.05, 3.63) is 0 Å². The van der Waals surface area contributed by atoms with Crippen LogP contribution in [0.25, 0.3) is 0 Å². The molecule has 2 N–H and O–H groups in total. The first-order valence-electron chi connectivity index (χ1n) is 5.31. The summed E-state index contributed by atoms with van der Waals surface area (Å²) in [6, 6.07) is 0. The molecule has 0 aromatic rings. The second-order valence-electron chi connectivity index (χ2n) is 4.26. The molecule has 3 heteroatoms. The van der Waals surface area contributed by atoms with Gasteiger partial charge in [0.05, 0.1) is 6.61 Å². The number of aliphatic hydroxyl groups is 1. The van der Waals surface area contributed by atoms with Gasteiger partial charge in [-0.05, 0) is 49.7 Å². The fourth-order valence-electron chi connectivity index (χ4n) is 2.62. The summed E-state index contributed by atoms with van der Waals surface area (Å²) in [7, 11) is 0. The van der Waals surface area contributed by atoms with E-state index < -0.39 is 0 Å². The molecule has 0 aromatic heterocycles. The third kappa shape index (κ3) is 1.88. The highest BCUT2D eigenvalue weighted by Gasteiger charge is 2.40. The molecule has 2 aliphatic rings. The molecule has 13 heavy (non-hydrogen) atoms. The van der Waals surface area contributed by atoms with Gasteiger partial charge in [0, 0.05) is 5.54 Å². The van der Waals surface area contributed by atoms with E-state index in [0.717, 1.165) is 6.54 Å². The zero-order chi connectivity index (χ0) is 9.15. The predicted molar refractivity (Wildman–Crippen MR) is 57.1 cm³/mol. The summed E-state index contributed by atoms with van der Waals surface area (Å²) in [5, 5.41) is 13.0. The average Bonchev–Trinajstić information content (AvgIpc) is 2.69. The Labute approximate surface area is 84.5 Å². The molecule has 0 bridgehead atoms. The zero-order valence-electron chi connectivity index (χ0n) is 8.09. The van der Waals surface area contributed by atoms with Gasteiger partial charge in [-0.1, -0.05) is 0 Å². The average molecular weight is 201 g/mol. The molecule has 2 fully saturated rings. The molecule has 2 heterocycles. The second-order valence-corrected chi connectivity index (χ2v) is 5.41. The van der Waals surface area contributed by atoms with Crippen LogP contribution in [-0.4, -0.2) is 35.3 Å². The summed E-state index contributed by atoms with van der Waals surface area (Å²) in [4.78, 5) is 0. The maximum absolute atomic E-state index is 9.50. The summed E-state index contributed by atoms with van der Waals surface area (Å²) < 4.78 is 0. The molecule has 2 nitrogen and oxygen atoms in total. The Bertz CT molecular complexity index is 162. The first-order chi connectivity index (χ1) is 6.37. The largest absolute Gasteiger partial charge is 0.394 e. The SMILES string of the molecule is OCC1(C2CCCSC2)CCCN1. The summed E-state index contributed by atoms with van der Waals surface area (Å²) in [6.07, 6.45) is 5.05. The van der Waals surface area contributed by atoms with E-state index in [9.17, 15) is 5.11 Å². The van der Waals surface area contributed by atoms with Crippen LogP contribution < -0.4 is 5.32 Å². The van der Waals surface area contributed by atoms with Crippen molar-refractivity contribution in [1.82, 2.24) is 5.32 Å². The number of hydrogen-bond acceptors (Lipinski definition) is 3. The monoisotopic (exact) mass is 201 g/mol. The lowest BCUT2D eigenvalue weighted by Gasteiger charge is -2.38. The van der Waals surface area contributed by atoms with E-state index in [1.54, 1.807) is 0 Å². The molecule has 2 saturated heterocycles. The molecule has 2 aliphatic heterocycles. The van der Waals surface area contributed by atoms with Crippen LogP contribution in [0.5, 0.6) is 0 Å². The Morgan fingerprint density at radius 3 is 2.92 bits per heavy atom. The third-order valence-electron chi connectivity index (χ3n) is 3.50. The van der Waals surface area contributed by atoms with Gasteiger partial charge in [0.2, 0.25) is 0 Å². The number of hydrogen-bond donors (Lipinski definition) is 2. The summed E-state index contributed by atoms with van der Waals surface area (Å²) >= 11 is 2.05. The molecule has 0 aliphatic carbocycles. The van der Waals surface area contributed by atoms with E-state index in [-0.39, 0.29) is 5.54 Å². The Morgan fingerprint density at radius 2 is 2.38 bits per heavy atom. The smallest absolute Gasteiger partial charge is 0.0616 e. The van der Waals surface area contributed by atoms with Crippen LogP contribution in [-0.2, 0) is 0 Å². The van der Waals surface area contributed by atoms with Gasteiger partial charge in [0.1, 0.15) is 0 Å². The van der Waals surface area contributed by atoms with Gasteiger partial charge in [-0.2, -0.15) is 11.8 Å². The lowest BCUT2D eigenvalue weighted by Crippen LogP contribution is -2.51. The Morgan fingerprint density at radius 1 is 1.46 bits per heavy atom. The lowest BCUT2D eigenvalue weighted by molar-refractivity contribution is 0.124. The third-order valence-corrected chi connectivity index (χ3v) is 4.72. The first kappa shape index (κ1) is 9.81. The number of rotatable bonds is 2. The molecular formula is C10H19NOS.